The van der Waals surface area contributed by atoms with Gasteiger partial charge in [-0.3, -0.25) is 14.5 Å². The summed E-state index contributed by atoms with van der Waals surface area (Å²) < 4.78 is 15.6. The van der Waals surface area contributed by atoms with Crippen LogP contribution in [0.2, 0.25) is 0 Å². The van der Waals surface area contributed by atoms with E-state index in [9.17, 15) is 14.4 Å². The van der Waals surface area contributed by atoms with E-state index in [1.54, 1.807) is 38.5 Å². The van der Waals surface area contributed by atoms with Crippen molar-refractivity contribution in [2.45, 2.75) is 25.4 Å². The van der Waals surface area contributed by atoms with Gasteiger partial charge in [-0.15, -0.1) is 0 Å². The molecule has 1 fully saturated rings. The van der Waals surface area contributed by atoms with Crippen molar-refractivity contribution in [3.63, 3.8) is 0 Å². The van der Waals surface area contributed by atoms with Crippen LogP contribution in [0, 0.1) is 0 Å². The summed E-state index contributed by atoms with van der Waals surface area (Å²) in [6, 6.07) is 7.50. The molecule has 0 spiro atoms. The lowest BCUT2D eigenvalue weighted by Gasteiger charge is -2.14. The van der Waals surface area contributed by atoms with Gasteiger partial charge in [0.15, 0.2) is 11.5 Å². The Morgan fingerprint density at radius 3 is 2.69 bits per heavy atom. The number of rotatable bonds is 9. The lowest BCUT2D eigenvalue weighted by atomic mass is 10.1. The van der Waals surface area contributed by atoms with E-state index in [4.69, 9.17) is 13.9 Å². The molecule has 1 aliphatic rings. The molecule has 9 heteroatoms. The molecule has 0 unspecified atom stereocenters. The van der Waals surface area contributed by atoms with Crippen molar-refractivity contribution in [3.05, 3.63) is 47.9 Å². The summed E-state index contributed by atoms with van der Waals surface area (Å²) in [7, 11) is 3.09. The van der Waals surface area contributed by atoms with Gasteiger partial charge >= 0.3 is 6.03 Å². The van der Waals surface area contributed by atoms with Gasteiger partial charge in [0.1, 0.15) is 11.8 Å². The van der Waals surface area contributed by atoms with Crippen LogP contribution >= 0.6 is 0 Å². The molecule has 1 aliphatic heterocycles. The molecule has 1 aromatic heterocycles. The Kier molecular flexibility index (Phi) is 6.38. The quantitative estimate of drug-likeness (QED) is 0.616. The molecule has 29 heavy (non-hydrogen) atoms. The fourth-order valence-electron chi connectivity index (χ4n) is 3.06. The number of hydrogen-bond acceptors (Lipinski definition) is 6. The maximum atomic E-state index is 12.5. The first-order valence-electron chi connectivity index (χ1n) is 9.13. The van der Waals surface area contributed by atoms with E-state index in [0.29, 0.717) is 23.7 Å². The Morgan fingerprint density at radius 1 is 1.21 bits per heavy atom. The molecule has 2 N–H and O–H groups in total. The zero-order valence-corrected chi connectivity index (χ0v) is 16.3. The number of ether oxygens (including phenoxy) is 2. The standard InChI is InChI=1S/C20H23N3O6/c1-27-16-6-5-13(10-17(16)28-2)7-8-23-19(25)15(22-20(23)26)11-18(24)21-12-14-4-3-9-29-14/h3-6,9-10,15H,7-8,11-12H2,1-2H3,(H,21,24)(H,22,26)/t15-/m1/s1. The lowest BCUT2D eigenvalue weighted by molar-refractivity contribution is -0.130. The van der Waals surface area contributed by atoms with Gasteiger partial charge in [-0.25, -0.2) is 4.79 Å². The Bertz CT molecular complexity index is 880. The molecule has 1 atom stereocenters. The second-order valence-electron chi connectivity index (χ2n) is 6.49. The summed E-state index contributed by atoms with van der Waals surface area (Å²) in [5, 5.41) is 5.23. The van der Waals surface area contributed by atoms with E-state index < -0.39 is 18.0 Å². The van der Waals surface area contributed by atoms with Crippen molar-refractivity contribution in [1.29, 1.82) is 0 Å². The second kappa shape index (κ2) is 9.13. The Morgan fingerprint density at radius 2 is 2.00 bits per heavy atom. The van der Waals surface area contributed by atoms with Gasteiger partial charge in [0, 0.05) is 6.54 Å². The summed E-state index contributed by atoms with van der Waals surface area (Å²) in [6.07, 6.45) is 1.84. The number of benzene rings is 1. The summed E-state index contributed by atoms with van der Waals surface area (Å²) >= 11 is 0. The van der Waals surface area contributed by atoms with Gasteiger partial charge in [-0.1, -0.05) is 6.07 Å². The lowest BCUT2D eigenvalue weighted by Crippen LogP contribution is -2.36. The molecule has 1 saturated heterocycles. The average Bonchev–Trinajstić information content (AvgIpc) is 3.33. The van der Waals surface area contributed by atoms with Crippen LogP contribution in [0.25, 0.3) is 0 Å². The molecule has 0 saturated carbocycles. The maximum absolute atomic E-state index is 12.5. The van der Waals surface area contributed by atoms with Gasteiger partial charge in [-0.2, -0.15) is 0 Å². The fourth-order valence-corrected chi connectivity index (χ4v) is 3.06. The Balaban J connectivity index is 1.53. The molecular formula is C20H23N3O6. The minimum atomic E-state index is -0.871. The monoisotopic (exact) mass is 401 g/mol. The van der Waals surface area contributed by atoms with E-state index in [1.165, 1.54) is 6.26 Å². The van der Waals surface area contributed by atoms with Crippen LogP contribution < -0.4 is 20.1 Å². The number of furan rings is 1. The largest absolute Gasteiger partial charge is 0.493 e. The normalized spacial score (nSPS) is 15.9. The van der Waals surface area contributed by atoms with Crippen LogP contribution in [0.5, 0.6) is 11.5 Å². The van der Waals surface area contributed by atoms with Gasteiger partial charge in [0.25, 0.3) is 5.91 Å². The summed E-state index contributed by atoms with van der Waals surface area (Å²) in [5.74, 6) is 1.03. The Hall–Kier alpha value is -3.49. The second-order valence-corrected chi connectivity index (χ2v) is 6.49. The van der Waals surface area contributed by atoms with Crippen LogP contribution in [0.1, 0.15) is 17.7 Å². The molecule has 3 rings (SSSR count). The zero-order valence-electron chi connectivity index (χ0n) is 16.3. The van der Waals surface area contributed by atoms with Crippen molar-refractivity contribution < 1.29 is 28.3 Å². The molecule has 0 bridgehead atoms. The molecular weight excluding hydrogens is 378 g/mol. The molecule has 4 amide bonds. The van der Waals surface area contributed by atoms with E-state index in [-0.39, 0.29) is 25.4 Å². The van der Waals surface area contributed by atoms with Gasteiger partial charge in [0.05, 0.1) is 33.4 Å². The third-order valence-corrected chi connectivity index (χ3v) is 4.61. The molecule has 154 valence electrons. The first kappa shape index (κ1) is 20.2. The summed E-state index contributed by atoms with van der Waals surface area (Å²) in [4.78, 5) is 37.9. The highest BCUT2D eigenvalue weighted by molar-refractivity contribution is 6.05. The molecule has 0 aliphatic carbocycles. The number of urea groups is 1. The van der Waals surface area contributed by atoms with E-state index in [2.05, 4.69) is 10.6 Å². The number of nitrogens with zero attached hydrogens (tertiary/aromatic N) is 1. The van der Waals surface area contributed by atoms with Crippen LogP contribution in [0.3, 0.4) is 0 Å². The number of methoxy groups -OCH3 is 2. The highest BCUT2D eigenvalue weighted by atomic mass is 16.5. The summed E-state index contributed by atoms with van der Waals surface area (Å²) in [5.41, 5.74) is 0.892. The molecule has 0 radical (unpaired) electrons. The fraction of sp³-hybridized carbons (Fsp3) is 0.350. The van der Waals surface area contributed by atoms with Crippen molar-refractivity contribution in [2.24, 2.45) is 0 Å². The number of nitrogens with one attached hydrogen (secondary N) is 2. The predicted molar refractivity (Wildman–Crippen MR) is 102 cm³/mol. The molecule has 2 heterocycles. The maximum Gasteiger partial charge on any atom is 0.324 e. The van der Waals surface area contributed by atoms with Crippen molar-refractivity contribution in [3.8, 4) is 11.5 Å². The van der Waals surface area contributed by atoms with Gasteiger partial charge < -0.3 is 24.5 Å². The van der Waals surface area contributed by atoms with Crippen LogP contribution in [-0.2, 0) is 22.6 Å². The predicted octanol–water partition coefficient (Wildman–Crippen LogP) is 1.47. The van der Waals surface area contributed by atoms with Crippen molar-refractivity contribution in [1.82, 2.24) is 15.5 Å². The average molecular weight is 401 g/mol. The van der Waals surface area contributed by atoms with Crippen LogP contribution in [0.4, 0.5) is 4.79 Å². The summed E-state index contributed by atoms with van der Waals surface area (Å²) in [6.45, 7) is 0.425. The first-order valence-corrected chi connectivity index (χ1v) is 9.13. The molecule has 9 nitrogen and oxygen atoms in total. The number of carbonyl (C=O) groups is 3. The van der Waals surface area contributed by atoms with Crippen LogP contribution in [-0.4, -0.2) is 49.6 Å². The molecule has 2 aromatic rings. The highest BCUT2D eigenvalue weighted by Crippen LogP contribution is 2.27. The molecule has 1 aromatic carbocycles. The Labute approximate surface area is 167 Å². The third kappa shape index (κ3) is 4.87. The third-order valence-electron chi connectivity index (χ3n) is 4.61. The highest BCUT2D eigenvalue weighted by Gasteiger charge is 2.38. The number of hydrogen-bond donors (Lipinski definition) is 2. The SMILES string of the molecule is COc1ccc(CCN2C(=O)N[C@H](CC(=O)NCc3ccco3)C2=O)cc1OC. The minimum Gasteiger partial charge on any atom is -0.493 e. The zero-order chi connectivity index (χ0) is 20.8. The number of carbonyl (C=O) groups excluding carboxylic acids is 3. The number of amides is 4. The smallest absolute Gasteiger partial charge is 0.324 e. The number of imide groups is 1. The van der Waals surface area contributed by atoms with Crippen LogP contribution in [0.15, 0.2) is 41.0 Å². The van der Waals surface area contributed by atoms with Gasteiger partial charge in [-0.05, 0) is 36.2 Å². The minimum absolute atomic E-state index is 0.127. The topological polar surface area (TPSA) is 110 Å². The van der Waals surface area contributed by atoms with E-state index in [0.717, 1.165) is 10.5 Å². The van der Waals surface area contributed by atoms with E-state index in [1.807, 2.05) is 6.07 Å². The van der Waals surface area contributed by atoms with E-state index >= 15 is 0 Å². The van der Waals surface area contributed by atoms with Crippen molar-refractivity contribution in [2.75, 3.05) is 20.8 Å². The van der Waals surface area contributed by atoms with Gasteiger partial charge in [0.2, 0.25) is 5.91 Å². The first-order chi connectivity index (χ1) is 14.0. The van der Waals surface area contributed by atoms with Crippen molar-refractivity contribution >= 4 is 17.8 Å².